The summed E-state index contributed by atoms with van der Waals surface area (Å²) in [5.41, 5.74) is 1.14. The molecule has 24 heavy (non-hydrogen) atoms. The number of hydrogen-bond donors (Lipinski definition) is 0. The molecule has 6 heteroatoms. The molecule has 1 aromatic carbocycles. The van der Waals surface area contributed by atoms with Gasteiger partial charge in [0.15, 0.2) is 5.78 Å². The standard InChI is InChI=1S/C18H20N2O3S/c1-13(21)16-7-8-17(24-16)18(22)20-11-9-19(10-12-20)14-3-5-15(23-2)6-4-14/h3-8H,9-12H2,1-2H3. The fourth-order valence-electron chi connectivity index (χ4n) is 2.76. The van der Waals surface area contributed by atoms with Gasteiger partial charge < -0.3 is 14.5 Å². The summed E-state index contributed by atoms with van der Waals surface area (Å²) in [4.78, 5) is 29.3. The highest BCUT2D eigenvalue weighted by atomic mass is 32.1. The molecule has 1 amide bonds. The zero-order valence-electron chi connectivity index (χ0n) is 13.8. The molecule has 0 spiro atoms. The Morgan fingerprint density at radius 2 is 1.58 bits per heavy atom. The van der Waals surface area contributed by atoms with Gasteiger partial charge in [0.1, 0.15) is 5.75 Å². The lowest BCUT2D eigenvalue weighted by Crippen LogP contribution is -2.48. The molecule has 1 aromatic heterocycles. The summed E-state index contributed by atoms with van der Waals surface area (Å²) in [5, 5.41) is 0. The van der Waals surface area contributed by atoms with Crippen LogP contribution in [-0.2, 0) is 0 Å². The van der Waals surface area contributed by atoms with Crippen LogP contribution in [0.2, 0.25) is 0 Å². The molecule has 0 bridgehead atoms. The molecule has 3 rings (SSSR count). The summed E-state index contributed by atoms with van der Waals surface area (Å²) in [5.74, 6) is 0.858. The lowest BCUT2D eigenvalue weighted by atomic mass is 10.2. The van der Waals surface area contributed by atoms with E-state index < -0.39 is 0 Å². The van der Waals surface area contributed by atoms with Gasteiger partial charge in [-0.1, -0.05) is 0 Å². The molecule has 126 valence electrons. The first-order chi connectivity index (χ1) is 11.6. The molecule has 1 fully saturated rings. The van der Waals surface area contributed by atoms with Crippen molar-refractivity contribution in [2.24, 2.45) is 0 Å². The molecule has 0 atom stereocenters. The Kier molecular flexibility index (Phi) is 4.85. The summed E-state index contributed by atoms with van der Waals surface area (Å²) >= 11 is 1.28. The van der Waals surface area contributed by atoms with E-state index in [-0.39, 0.29) is 11.7 Å². The second kappa shape index (κ2) is 7.05. The van der Waals surface area contributed by atoms with Crippen molar-refractivity contribution in [2.45, 2.75) is 6.92 Å². The Morgan fingerprint density at radius 3 is 2.12 bits per heavy atom. The molecular weight excluding hydrogens is 324 g/mol. The second-order valence-corrected chi connectivity index (χ2v) is 6.78. The minimum absolute atomic E-state index is 0.00313. The van der Waals surface area contributed by atoms with Crippen molar-refractivity contribution in [1.82, 2.24) is 4.90 Å². The number of benzene rings is 1. The number of nitrogens with zero attached hydrogens (tertiary/aromatic N) is 2. The SMILES string of the molecule is COc1ccc(N2CCN(C(=O)c3ccc(C(C)=O)s3)CC2)cc1. The molecule has 2 heterocycles. The highest BCUT2D eigenvalue weighted by Crippen LogP contribution is 2.23. The normalized spacial score (nSPS) is 14.6. The quantitative estimate of drug-likeness (QED) is 0.800. The molecule has 0 saturated carbocycles. The number of amides is 1. The summed E-state index contributed by atoms with van der Waals surface area (Å²) < 4.78 is 5.18. The highest BCUT2D eigenvalue weighted by Gasteiger charge is 2.23. The van der Waals surface area contributed by atoms with E-state index >= 15 is 0 Å². The maximum atomic E-state index is 12.6. The number of thiophene rings is 1. The van der Waals surface area contributed by atoms with Gasteiger partial charge in [-0.25, -0.2) is 0 Å². The maximum absolute atomic E-state index is 12.6. The van der Waals surface area contributed by atoms with Gasteiger partial charge in [0, 0.05) is 31.9 Å². The van der Waals surface area contributed by atoms with E-state index in [0.29, 0.717) is 22.8 Å². The zero-order chi connectivity index (χ0) is 17.1. The molecule has 5 nitrogen and oxygen atoms in total. The number of Topliss-reactive ketones (excluding diaryl/α,β-unsaturated/α-hetero) is 1. The molecule has 1 aliphatic heterocycles. The third-order valence-electron chi connectivity index (χ3n) is 4.17. The number of ether oxygens (including phenoxy) is 1. The Bertz CT molecular complexity index is 731. The summed E-state index contributed by atoms with van der Waals surface area (Å²) in [6.07, 6.45) is 0. The topological polar surface area (TPSA) is 49.9 Å². The van der Waals surface area contributed by atoms with E-state index in [1.165, 1.54) is 18.3 Å². The highest BCUT2D eigenvalue weighted by molar-refractivity contribution is 7.15. The number of hydrogen-bond acceptors (Lipinski definition) is 5. The smallest absolute Gasteiger partial charge is 0.264 e. The van der Waals surface area contributed by atoms with Crippen molar-refractivity contribution in [3.8, 4) is 5.75 Å². The van der Waals surface area contributed by atoms with Crippen molar-refractivity contribution in [2.75, 3.05) is 38.2 Å². The molecule has 2 aromatic rings. The van der Waals surface area contributed by atoms with Gasteiger partial charge in [-0.05, 0) is 43.3 Å². The summed E-state index contributed by atoms with van der Waals surface area (Å²) in [7, 11) is 1.65. The van der Waals surface area contributed by atoms with Crippen LogP contribution in [0.25, 0.3) is 0 Å². The van der Waals surface area contributed by atoms with Gasteiger partial charge in [0.05, 0.1) is 16.9 Å². The van der Waals surface area contributed by atoms with Crippen LogP contribution < -0.4 is 9.64 Å². The molecule has 0 aliphatic carbocycles. The summed E-state index contributed by atoms with van der Waals surface area (Å²) in [6, 6.07) is 11.4. The van der Waals surface area contributed by atoms with E-state index in [4.69, 9.17) is 4.74 Å². The van der Waals surface area contributed by atoms with E-state index in [0.717, 1.165) is 24.5 Å². The number of methoxy groups -OCH3 is 1. The van der Waals surface area contributed by atoms with Crippen molar-refractivity contribution in [3.63, 3.8) is 0 Å². The van der Waals surface area contributed by atoms with Crippen LogP contribution in [0.5, 0.6) is 5.75 Å². The van der Waals surface area contributed by atoms with Crippen LogP contribution in [0.15, 0.2) is 36.4 Å². The van der Waals surface area contributed by atoms with Gasteiger partial charge >= 0.3 is 0 Å². The minimum Gasteiger partial charge on any atom is -0.497 e. The van der Waals surface area contributed by atoms with E-state index in [2.05, 4.69) is 4.90 Å². The van der Waals surface area contributed by atoms with Crippen LogP contribution in [0.1, 0.15) is 26.3 Å². The Labute approximate surface area is 145 Å². The fourth-order valence-corrected chi connectivity index (χ4v) is 3.63. The number of rotatable bonds is 4. The molecule has 1 aliphatic rings. The number of ketones is 1. The average molecular weight is 344 g/mol. The van der Waals surface area contributed by atoms with E-state index in [9.17, 15) is 9.59 Å². The van der Waals surface area contributed by atoms with Crippen LogP contribution in [0, 0.1) is 0 Å². The number of carbonyl (C=O) groups excluding carboxylic acids is 2. The Morgan fingerprint density at radius 1 is 0.958 bits per heavy atom. The first-order valence-corrected chi connectivity index (χ1v) is 8.69. The van der Waals surface area contributed by atoms with Crippen molar-refractivity contribution in [3.05, 3.63) is 46.2 Å². The van der Waals surface area contributed by atoms with Gasteiger partial charge in [-0.15, -0.1) is 11.3 Å². The molecule has 1 saturated heterocycles. The van der Waals surface area contributed by atoms with Crippen LogP contribution in [0.3, 0.4) is 0 Å². The minimum atomic E-state index is 0.00313. The number of carbonyl (C=O) groups is 2. The van der Waals surface area contributed by atoms with Gasteiger partial charge in [0.2, 0.25) is 0 Å². The zero-order valence-corrected chi connectivity index (χ0v) is 14.6. The summed E-state index contributed by atoms with van der Waals surface area (Å²) in [6.45, 7) is 4.47. The molecule has 0 unspecified atom stereocenters. The van der Waals surface area contributed by atoms with Gasteiger partial charge in [-0.3, -0.25) is 9.59 Å². The largest absolute Gasteiger partial charge is 0.497 e. The third-order valence-corrected chi connectivity index (χ3v) is 5.34. The first-order valence-electron chi connectivity index (χ1n) is 7.87. The average Bonchev–Trinajstić information content (AvgIpc) is 3.12. The molecule has 0 radical (unpaired) electrons. The number of anilines is 1. The molecular formula is C18H20N2O3S. The van der Waals surface area contributed by atoms with Crippen LogP contribution in [-0.4, -0.2) is 49.9 Å². The number of piperazine rings is 1. The van der Waals surface area contributed by atoms with Gasteiger partial charge in [-0.2, -0.15) is 0 Å². The van der Waals surface area contributed by atoms with Crippen molar-refractivity contribution < 1.29 is 14.3 Å². The molecule has 0 N–H and O–H groups in total. The van der Waals surface area contributed by atoms with Crippen molar-refractivity contribution in [1.29, 1.82) is 0 Å². The van der Waals surface area contributed by atoms with Crippen molar-refractivity contribution >= 4 is 28.7 Å². The second-order valence-electron chi connectivity index (χ2n) is 5.70. The Hall–Kier alpha value is -2.34. The maximum Gasteiger partial charge on any atom is 0.264 e. The fraction of sp³-hybridized carbons (Fsp3) is 0.333. The third kappa shape index (κ3) is 3.43. The lowest BCUT2D eigenvalue weighted by Gasteiger charge is -2.36. The first kappa shape index (κ1) is 16.5. The van der Waals surface area contributed by atoms with Crippen LogP contribution in [0.4, 0.5) is 5.69 Å². The predicted molar refractivity (Wildman–Crippen MR) is 95.4 cm³/mol. The Balaban J connectivity index is 1.61. The lowest BCUT2D eigenvalue weighted by molar-refractivity contribution is 0.0751. The van der Waals surface area contributed by atoms with Gasteiger partial charge in [0.25, 0.3) is 5.91 Å². The van der Waals surface area contributed by atoms with Crippen LogP contribution >= 0.6 is 11.3 Å². The monoisotopic (exact) mass is 344 g/mol. The van der Waals surface area contributed by atoms with E-state index in [1.54, 1.807) is 19.2 Å². The predicted octanol–water partition coefficient (Wildman–Crippen LogP) is 2.92. The van der Waals surface area contributed by atoms with E-state index in [1.807, 2.05) is 29.2 Å².